The number of rotatable bonds is 4. The zero-order chi connectivity index (χ0) is 12.5. The Labute approximate surface area is 101 Å². The molecule has 1 aliphatic carbocycles. The summed E-state index contributed by atoms with van der Waals surface area (Å²) in [5.41, 5.74) is -1.08. The van der Waals surface area contributed by atoms with Crippen molar-refractivity contribution in [2.24, 2.45) is 0 Å². The van der Waals surface area contributed by atoms with Gasteiger partial charge in [-0.1, -0.05) is 18.3 Å². The fourth-order valence-electron chi connectivity index (χ4n) is 1.31. The third-order valence-corrected chi connectivity index (χ3v) is 3.48. The van der Waals surface area contributed by atoms with Gasteiger partial charge < -0.3 is 10.4 Å². The topological polar surface area (TPSA) is 104 Å². The third kappa shape index (κ3) is 2.52. The second-order valence-electron chi connectivity index (χ2n) is 3.82. The molecule has 17 heavy (non-hydrogen) atoms. The van der Waals surface area contributed by atoms with Crippen LogP contribution in [-0.4, -0.2) is 32.8 Å². The lowest BCUT2D eigenvalue weighted by Gasteiger charge is -2.11. The number of nitrogens with zero attached hydrogens (tertiary/aromatic N) is 2. The number of aliphatic carboxylic acids is 1. The lowest BCUT2D eigenvalue weighted by atomic mass is 10.3. The number of carbonyl (C=O) groups is 2. The molecule has 1 aromatic heterocycles. The number of nitrogens with one attached hydrogen (secondary N) is 2. The van der Waals surface area contributed by atoms with E-state index >= 15 is 0 Å². The summed E-state index contributed by atoms with van der Waals surface area (Å²) in [5, 5.41) is 22.6. The molecule has 0 unspecified atom stereocenters. The minimum Gasteiger partial charge on any atom is -0.480 e. The summed E-state index contributed by atoms with van der Waals surface area (Å²) in [4.78, 5) is 22.4. The number of urea groups is 1. The average molecular weight is 256 g/mol. The van der Waals surface area contributed by atoms with Gasteiger partial charge in [0.25, 0.3) is 0 Å². The van der Waals surface area contributed by atoms with Crippen LogP contribution in [-0.2, 0) is 11.2 Å². The van der Waals surface area contributed by atoms with Crippen molar-refractivity contribution in [2.45, 2.75) is 31.7 Å². The van der Waals surface area contributed by atoms with E-state index in [-0.39, 0.29) is 0 Å². The van der Waals surface area contributed by atoms with Gasteiger partial charge in [-0.25, -0.2) is 9.59 Å². The van der Waals surface area contributed by atoms with Gasteiger partial charge in [-0.05, 0) is 19.3 Å². The normalized spacial score (nSPS) is 16.3. The van der Waals surface area contributed by atoms with Gasteiger partial charge in [0.15, 0.2) is 0 Å². The summed E-state index contributed by atoms with van der Waals surface area (Å²) in [7, 11) is 0. The molecule has 92 valence electrons. The van der Waals surface area contributed by atoms with Gasteiger partial charge in [-0.3, -0.25) is 5.32 Å². The molecule has 0 bridgehead atoms. The van der Waals surface area contributed by atoms with Gasteiger partial charge in [0.1, 0.15) is 10.5 Å². The quantitative estimate of drug-likeness (QED) is 0.740. The van der Waals surface area contributed by atoms with E-state index in [9.17, 15) is 9.59 Å². The van der Waals surface area contributed by atoms with E-state index in [2.05, 4.69) is 20.8 Å². The van der Waals surface area contributed by atoms with E-state index < -0.39 is 17.5 Å². The number of aromatic nitrogens is 2. The maximum Gasteiger partial charge on any atom is 0.329 e. The van der Waals surface area contributed by atoms with Gasteiger partial charge in [0.2, 0.25) is 5.13 Å². The van der Waals surface area contributed by atoms with Crippen molar-refractivity contribution in [3.63, 3.8) is 0 Å². The van der Waals surface area contributed by atoms with E-state index in [1.54, 1.807) is 0 Å². The molecule has 1 heterocycles. The predicted octanol–water partition coefficient (Wildman–Crippen LogP) is 0.839. The predicted molar refractivity (Wildman–Crippen MR) is 61.0 cm³/mol. The van der Waals surface area contributed by atoms with E-state index in [1.807, 2.05) is 6.92 Å². The Kier molecular flexibility index (Phi) is 2.97. The van der Waals surface area contributed by atoms with Gasteiger partial charge in [-0.2, -0.15) is 0 Å². The SMILES string of the molecule is CCc1nnc(NC(=O)NC2(C(=O)O)CC2)s1. The molecule has 0 radical (unpaired) electrons. The zero-order valence-corrected chi connectivity index (χ0v) is 10.0. The minimum atomic E-state index is -1.08. The van der Waals surface area contributed by atoms with Gasteiger partial charge in [0.05, 0.1) is 0 Å². The summed E-state index contributed by atoms with van der Waals surface area (Å²) < 4.78 is 0. The molecular weight excluding hydrogens is 244 g/mol. The first-order valence-electron chi connectivity index (χ1n) is 5.21. The van der Waals surface area contributed by atoms with Crippen molar-refractivity contribution in [2.75, 3.05) is 5.32 Å². The number of aryl methyl sites for hydroxylation is 1. The van der Waals surface area contributed by atoms with Crippen molar-refractivity contribution in [1.29, 1.82) is 0 Å². The summed E-state index contributed by atoms with van der Waals surface area (Å²) in [6.45, 7) is 1.94. The van der Waals surface area contributed by atoms with Crippen LogP contribution in [0.1, 0.15) is 24.8 Å². The molecule has 0 aromatic carbocycles. The molecule has 8 heteroatoms. The van der Waals surface area contributed by atoms with Crippen LogP contribution in [0, 0.1) is 0 Å². The molecule has 0 spiro atoms. The van der Waals surface area contributed by atoms with Crippen molar-refractivity contribution in [3.8, 4) is 0 Å². The summed E-state index contributed by atoms with van der Waals surface area (Å²) in [6.07, 6.45) is 1.68. The zero-order valence-electron chi connectivity index (χ0n) is 9.19. The van der Waals surface area contributed by atoms with Crippen LogP contribution in [0.2, 0.25) is 0 Å². The molecule has 2 rings (SSSR count). The van der Waals surface area contributed by atoms with E-state index in [4.69, 9.17) is 5.11 Å². The van der Waals surface area contributed by atoms with Crippen molar-refractivity contribution < 1.29 is 14.7 Å². The van der Waals surface area contributed by atoms with Crippen LogP contribution in [0.15, 0.2) is 0 Å². The Morgan fingerprint density at radius 1 is 1.47 bits per heavy atom. The first kappa shape index (κ1) is 11.8. The molecule has 1 aromatic rings. The smallest absolute Gasteiger partial charge is 0.329 e. The van der Waals surface area contributed by atoms with Crippen LogP contribution in [0.5, 0.6) is 0 Å². The highest BCUT2D eigenvalue weighted by atomic mass is 32.1. The Bertz CT molecular complexity index is 455. The molecule has 7 nitrogen and oxygen atoms in total. The lowest BCUT2D eigenvalue weighted by Crippen LogP contribution is -2.45. The van der Waals surface area contributed by atoms with E-state index in [0.717, 1.165) is 11.4 Å². The van der Waals surface area contributed by atoms with Crippen LogP contribution < -0.4 is 10.6 Å². The van der Waals surface area contributed by atoms with Crippen molar-refractivity contribution in [3.05, 3.63) is 5.01 Å². The number of amides is 2. The number of carbonyl (C=O) groups excluding carboxylic acids is 1. The molecule has 0 saturated heterocycles. The molecule has 3 N–H and O–H groups in total. The number of carboxylic acid groups (broad SMARTS) is 1. The Balaban J connectivity index is 1.91. The Morgan fingerprint density at radius 2 is 2.18 bits per heavy atom. The Hall–Kier alpha value is -1.70. The number of hydrogen-bond acceptors (Lipinski definition) is 5. The third-order valence-electron chi connectivity index (χ3n) is 2.50. The van der Waals surface area contributed by atoms with Gasteiger partial charge in [0, 0.05) is 0 Å². The van der Waals surface area contributed by atoms with Crippen LogP contribution in [0.3, 0.4) is 0 Å². The molecule has 1 fully saturated rings. The van der Waals surface area contributed by atoms with Crippen molar-refractivity contribution in [1.82, 2.24) is 15.5 Å². The molecule has 2 amide bonds. The molecule has 0 aliphatic heterocycles. The highest BCUT2D eigenvalue weighted by Crippen LogP contribution is 2.35. The van der Waals surface area contributed by atoms with Crippen LogP contribution in [0.4, 0.5) is 9.93 Å². The average Bonchev–Trinajstić information content (AvgIpc) is 2.91. The first-order valence-corrected chi connectivity index (χ1v) is 6.02. The summed E-state index contributed by atoms with van der Waals surface area (Å²) in [6, 6.07) is -0.552. The number of carboxylic acids is 1. The second-order valence-corrected chi connectivity index (χ2v) is 4.88. The molecular formula is C9H12N4O3S. The van der Waals surface area contributed by atoms with Gasteiger partial charge in [-0.15, -0.1) is 10.2 Å². The van der Waals surface area contributed by atoms with Crippen LogP contribution in [0.25, 0.3) is 0 Å². The maximum absolute atomic E-state index is 11.5. The fourth-order valence-corrected chi connectivity index (χ4v) is 1.98. The molecule has 0 atom stereocenters. The highest BCUT2D eigenvalue weighted by molar-refractivity contribution is 7.15. The molecule has 1 aliphatic rings. The summed E-state index contributed by atoms with van der Waals surface area (Å²) >= 11 is 1.27. The monoisotopic (exact) mass is 256 g/mol. The Morgan fingerprint density at radius 3 is 2.65 bits per heavy atom. The first-order chi connectivity index (χ1) is 8.05. The second kappa shape index (κ2) is 4.28. The van der Waals surface area contributed by atoms with Crippen molar-refractivity contribution >= 4 is 28.5 Å². The lowest BCUT2D eigenvalue weighted by molar-refractivity contribution is -0.140. The standard InChI is InChI=1S/C9H12N4O3S/c1-2-5-12-13-8(17-5)10-7(16)11-9(3-4-9)6(14)15/h2-4H2,1H3,(H,14,15)(H2,10,11,13,16). The number of hydrogen-bond donors (Lipinski definition) is 3. The number of anilines is 1. The van der Waals surface area contributed by atoms with E-state index in [0.29, 0.717) is 18.0 Å². The largest absolute Gasteiger partial charge is 0.480 e. The maximum atomic E-state index is 11.5. The summed E-state index contributed by atoms with van der Waals surface area (Å²) in [5.74, 6) is -1.00. The van der Waals surface area contributed by atoms with E-state index in [1.165, 1.54) is 11.3 Å². The minimum absolute atomic E-state index is 0.375. The fraction of sp³-hybridized carbons (Fsp3) is 0.556. The molecule has 1 saturated carbocycles. The van der Waals surface area contributed by atoms with Gasteiger partial charge >= 0.3 is 12.0 Å². The highest BCUT2D eigenvalue weighted by Gasteiger charge is 2.51. The van der Waals surface area contributed by atoms with Crippen LogP contribution >= 0.6 is 11.3 Å².